The lowest BCUT2D eigenvalue weighted by Gasteiger charge is -2.03. The Morgan fingerprint density at radius 1 is 1.14 bits per heavy atom. The van der Waals surface area contributed by atoms with Gasteiger partial charge in [0.25, 0.3) is 0 Å². The van der Waals surface area contributed by atoms with Crippen LogP contribution in [-0.4, -0.2) is 4.98 Å². The van der Waals surface area contributed by atoms with Gasteiger partial charge in [0.2, 0.25) is 0 Å². The number of nitrogens with two attached hydrogens (primary N) is 1. The Kier molecular flexibility index (Phi) is 2.70. The summed E-state index contributed by atoms with van der Waals surface area (Å²) in [6.45, 7) is 0.556. The van der Waals surface area contributed by atoms with Crippen LogP contribution in [0.15, 0.2) is 41.1 Å². The zero-order valence-corrected chi connectivity index (χ0v) is 9.21. The van der Waals surface area contributed by atoms with Crippen LogP contribution in [-0.2, 0) is 6.54 Å². The summed E-state index contributed by atoms with van der Waals surface area (Å²) in [5, 5.41) is 0. The number of aromatic amines is 1. The smallest absolute Gasteiger partial charge is 0.0254 e. The van der Waals surface area contributed by atoms with Crippen molar-refractivity contribution in [2.45, 2.75) is 6.54 Å². The second kappa shape index (κ2) is 3.98. The molecule has 1 aromatic carbocycles. The Labute approximate surface area is 91.3 Å². The van der Waals surface area contributed by atoms with Crippen molar-refractivity contribution in [3.05, 3.63) is 46.7 Å². The van der Waals surface area contributed by atoms with Crippen LogP contribution in [0, 0.1) is 0 Å². The maximum atomic E-state index is 5.65. The Morgan fingerprint density at radius 2 is 1.93 bits per heavy atom. The molecule has 1 aromatic heterocycles. The minimum atomic E-state index is 0.556. The second-order valence-corrected chi connectivity index (χ2v) is 3.93. The van der Waals surface area contributed by atoms with E-state index in [4.69, 9.17) is 5.73 Å². The zero-order valence-electron chi connectivity index (χ0n) is 7.63. The summed E-state index contributed by atoms with van der Waals surface area (Å²) in [5.74, 6) is 0. The highest BCUT2D eigenvalue weighted by molar-refractivity contribution is 9.10. The van der Waals surface area contributed by atoms with Crippen LogP contribution in [0.25, 0.3) is 11.1 Å². The summed E-state index contributed by atoms with van der Waals surface area (Å²) in [6.07, 6.45) is 3.91. The van der Waals surface area contributed by atoms with Crippen molar-refractivity contribution in [1.29, 1.82) is 0 Å². The van der Waals surface area contributed by atoms with Gasteiger partial charge in [-0.1, -0.05) is 34.1 Å². The first kappa shape index (κ1) is 9.49. The second-order valence-electron chi connectivity index (χ2n) is 3.08. The van der Waals surface area contributed by atoms with E-state index in [2.05, 4.69) is 27.0 Å². The molecule has 0 spiro atoms. The topological polar surface area (TPSA) is 41.8 Å². The van der Waals surface area contributed by atoms with Crippen LogP contribution < -0.4 is 5.73 Å². The van der Waals surface area contributed by atoms with E-state index >= 15 is 0 Å². The molecule has 0 radical (unpaired) electrons. The first-order valence-corrected chi connectivity index (χ1v) is 5.23. The highest BCUT2D eigenvalue weighted by atomic mass is 79.9. The van der Waals surface area contributed by atoms with Crippen molar-refractivity contribution in [1.82, 2.24) is 4.98 Å². The molecule has 14 heavy (non-hydrogen) atoms. The first-order chi connectivity index (χ1) is 6.83. The normalized spacial score (nSPS) is 10.4. The van der Waals surface area contributed by atoms with Crippen LogP contribution in [0.2, 0.25) is 0 Å². The third-order valence-electron chi connectivity index (χ3n) is 2.22. The number of hydrogen-bond acceptors (Lipinski definition) is 1. The Morgan fingerprint density at radius 3 is 2.64 bits per heavy atom. The molecule has 2 aromatic rings. The van der Waals surface area contributed by atoms with Gasteiger partial charge in [-0.25, -0.2) is 0 Å². The summed E-state index contributed by atoms with van der Waals surface area (Å²) < 4.78 is 1.09. The minimum Gasteiger partial charge on any atom is -0.367 e. The fourth-order valence-corrected chi connectivity index (χ4v) is 1.99. The van der Waals surface area contributed by atoms with Crippen LogP contribution >= 0.6 is 15.9 Å². The molecule has 0 saturated carbocycles. The quantitative estimate of drug-likeness (QED) is 0.846. The largest absolute Gasteiger partial charge is 0.367 e. The summed E-state index contributed by atoms with van der Waals surface area (Å²) >= 11 is 3.53. The van der Waals surface area contributed by atoms with Crippen molar-refractivity contribution in [2.24, 2.45) is 5.73 Å². The molecule has 0 bridgehead atoms. The predicted molar refractivity (Wildman–Crippen MR) is 61.8 cm³/mol. The fourth-order valence-electron chi connectivity index (χ4n) is 1.50. The molecule has 0 amide bonds. The molecule has 0 fully saturated rings. The number of rotatable bonds is 2. The molecule has 2 rings (SSSR count). The predicted octanol–water partition coefficient (Wildman–Crippen LogP) is 2.90. The van der Waals surface area contributed by atoms with Gasteiger partial charge in [0.05, 0.1) is 0 Å². The van der Waals surface area contributed by atoms with E-state index in [1.54, 1.807) is 0 Å². The maximum absolute atomic E-state index is 5.65. The highest BCUT2D eigenvalue weighted by Gasteiger charge is 2.06. The lowest BCUT2D eigenvalue weighted by Crippen LogP contribution is -1.96. The van der Waals surface area contributed by atoms with Gasteiger partial charge in [0, 0.05) is 29.0 Å². The molecule has 0 aliphatic carbocycles. The van der Waals surface area contributed by atoms with Crippen LogP contribution in [0.1, 0.15) is 5.56 Å². The third-order valence-corrected chi connectivity index (χ3v) is 2.91. The summed E-state index contributed by atoms with van der Waals surface area (Å²) in [6, 6.07) is 8.13. The molecule has 0 unspecified atom stereocenters. The number of halogens is 1. The van der Waals surface area contributed by atoms with Gasteiger partial charge < -0.3 is 10.7 Å². The average molecular weight is 251 g/mol. The molecule has 0 aliphatic rings. The summed E-state index contributed by atoms with van der Waals surface area (Å²) in [4.78, 5) is 3.07. The maximum Gasteiger partial charge on any atom is 0.0254 e. The van der Waals surface area contributed by atoms with E-state index in [1.807, 2.05) is 30.6 Å². The lowest BCUT2D eigenvalue weighted by molar-refractivity contribution is 1.08. The van der Waals surface area contributed by atoms with Gasteiger partial charge in [-0.2, -0.15) is 0 Å². The molecule has 3 heteroatoms. The summed E-state index contributed by atoms with van der Waals surface area (Å²) in [5.41, 5.74) is 9.13. The van der Waals surface area contributed by atoms with Crippen molar-refractivity contribution in [3.63, 3.8) is 0 Å². The minimum absolute atomic E-state index is 0.556. The highest BCUT2D eigenvalue weighted by Crippen LogP contribution is 2.30. The Balaban J connectivity index is 2.54. The van der Waals surface area contributed by atoms with Crippen molar-refractivity contribution >= 4 is 15.9 Å². The first-order valence-electron chi connectivity index (χ1n) is 4.43. The average Bonchev–Trinajstić information content (AvgIpc) is 2.66. The van der Waals surface area contributed by atoms with Crippen molar-refractivity contribution < 1.29 is 0 Å². The van der Waals surface area contributed by atoms with E-state index in [0.717, 1.165) is 10.0 Å². The number of hydrogen-bond donors (Lipinski definition) is 2. The van der Waals surface area contributed by atoms with Crippen LogP contribution in [0.3, 0.4) is 0 Å². The molecular weight excluding hydrogens is 240 g/mol. The molecule has 3 N–H and O–H groups in total. The Bertz CT molecular complexity index is 434. The van der Waals surface area contributed by atoms with E-state index < -0.39 is 0 Å². The molecule has 0 saturated heterocycles. The number of H-pyrrole nitrogens is 1. The molecule has 1 heterocycles. The molecular formula is C11H11BrN2. The van der Waals surface area contributed by atoms with E-state index in [-0.39, 0.29) is 0 Å². The van der Waals surface area contributed by atoms with E-state index in [1.165, 1.54) is 11.1 Å². The lowest BCUT2D eigenvalue weighted by atomic mass is 10.1. The van der Waals surface area contributed by atoms with Crippen LogP contribution in [0.5, 0.6) is 0 Å². The fraction of sp³-hybridized carbons (Fsp3) is 0.0909. The third kappa shape index (κ3) is 1.61. The molecule has 72 valence electrons. The number of nitrogens with one attached hydrogen (secondary N) is 1. The molecule has 2 nitrogen and oxygen atoms in total. The standard InChI is InChI=1S/C11H11BrN2/c12-11-4-2-1-3-9(11)10-7-14-6-8(10)5-13/h1-4,6-7,14H,5,13H2. The van der Waals surface area contributed by atoms with E-state index in [9.17, 15) is 0 Å². The van der Waals surface area contributed by atoms with Gasteiger partial charge in [0.1, 0.15) is 0 Å². The number of aromatic nitrogens is 1. The monoisotopic (exact) mass is 250 g/mol. The van der Waals surface area contributed by atoms with Gasteiger partial charge >= 0.3 is 0 Å². The van der Waals surface area contributed by atoms with Gasteiger partial charge in [0.15, 0.2) is 0 Å². The van der Waals surface area contributed by atoms with Crippen molar-refractivity contribution in [3.8, 4) is 11.1 Å². The van der Waals surface area contributed by atoms with Gasteiger partial charge in [-0.15, -0.1) is 0 Å². The SMILES string of the molecule is NCc1c[nH]cc1-c1ccccc1Br. The van der Waals surface area contributed by atoms with Gasteiger partial charge in [-0.05, 0) is 17.2 Å². The van der Waals surface area contributed by atoms with Crippen molar-refractivity contribution in [2.75, 3.05) is 0 Å². The van der Waals surface area contributed by atoms with E-state index in [0.29, 0.717) is 6.54 Å². The molecule has 0 aliphatic heterocycles. The molecule has 0 atom stereocenters. The number of benzene rings is 1. The Hall–Kier alpha value is -1.06. The zero-order chi connectivity index (χ0) is 9.97. The van der Waals surface area contributed by atoms with Gasteiger partial charge in [-0.3, -0.25) is 0 Å². The van der Waals surface area contributed by atoms with Crippen LogP contribution in [0.4, 0.5) is 0 Å². The summed E-state index contributed by atoms with van der Waals surface area (Å²) in [7, 11) is 0.